The minimum absolute atomic E-state index is 0.0395. The van der Waals surface area contributed by atoms with E-state index >= 15 is 0 Å². The van der Waals surface area contributed by atoms with Crippen LogP contribution in [0, 0.1) is 0 Å². The van der Waals surface area contributed by atoms with Gasteiger partial charge < -0.3 is 20.3 Å². The number of likely N-dealkylation sites (N-methyl/N-ethyl adjacent to an activating group) is 2. The molecule has 35 heavy (non-hydrogen) atoms. The van der Waals surface area contributed by atoms with Crippen molar-refractivity contribution in [2.24, 2.45) is 15.8 Å². The lowest BCUT2D eigenvalue weighted by atomic mass is 10.0. The van der Waals surface area contributed by atoms with Gasteiger partial charge in [-0.1, -0.05) is 26.0 Å². The minimum atomic E-state index is -0.558. The van der Waals surface area contributed by atoms with Crippen molar-refractivity contribution in [3.63, 3.8) is 0 Å². The van der Waals surface area contributed by atoms with E-state index in [-0.39, 0.29) is 5.91 Å². The summed E-state index contributed by atoms with van der Waals surface area (Å²) in [5.74, 6) is 1.36. The van der Waals surface area contributed by atoms with Gasteiger partial charge in [-0.3, -0.25) is 14.8 Å². The van der Waals surface area contributed by atoms with Crippen molar-refractivity contribution in [2.75, 3.05) is 34.7 Å². The molecule has 184 valence electrons. The Morgan fingerprint density at radius 2 is 1.91 bits per heavy atom. The van der Waals surface area contributed by atoms with Gasteiger partial charge in [0.05, 0.1) is 12.3 Å². The quantitative estimate of drug-likeness (QED) is 0.690. The maximum Gasteiger partial charge on any atom is 0.253 e. The lowest BCUT2D eigenvalue weighted by Gasteiger charge is -2.30. The van der Waals surface area contributed by atoms with Gasteiger partial charge >= 0.3 is 0 Å². The molecule has 1 aromatic heterocycles. The number of carbonyl (C=O) groups is 1. The summed E-state index contributed by atoms with van der Waals surface area (Å²) in [7, 11) is 7.25. The normalized spacial score (nSPS) is 18.7. The third-order valence-electron chi connectivity index (χ3n) is 6.38. The number of aliphatic imine (C=N–C) groups is 1. The highest BCUT2D eigenvalue weighted by Gasteiger charge is 2.34. The van der Waals surface area contributed by atoms with Crippen molar-refractivity contribution in [1.29, 1.82) is 0 Å². The molecule has 2 N–H and O–H groups in total. The molecule has 9 heteroatoms. The van der Waals surface area contributed by atoms with Gasteiger partial charge in [0, 0.05) is 51.2 Å². The molecule has 4 rings (SSSR count). The fourth-order valence-electron chi connectivity index (χ4n) is 3.96. The molecule has 9 nitrogen and oxygen atoms in total. The van der Waals surface area contributed by atoms with Gasteiger partial charge in [-0.25, -0.2) is 4.99 Å². The van der Waals surface area contributed by atoms with Crippen molar-refractivity contribution in [2.45, 2.75) is 32.4 Å². The standard InChI is InChI=1S/C26H33N7O2/c1-7-16(2)20-14-19(12-13-28-20)24-30-33(6)26(35-24)22-23(27)32(5)15-21(29-22)17-8-10-18(11-9-17)25(34)31(3)4/h8-14,16,26H,7,15,27H2,1-6H3. The van der Waals surface area contributed by atoms with E-state index < -0.39 is 6.23 Å². The number of hydrogen-bond donors (Lipinski definition) is 1. The Bertz CT molecular complexity index is 1200. The number of nitrogens with two attached hydrogens (primary N) is 1. The van der Waals surface area contributed by atoms with Crippen molar-refractivity contribution in [3.8, 4) is 0 Å². The number of ether oxygens (including phenoxy) is 1. The van der Waals surface area contributed by atoms with Crippen LogP contribution in [-0.2, 0) is 4.74 Å². The van der Waals surface area contributed by atoms with Crippen molar-refractivity contribution < 1.29 is 9.53 Å². The summed E-state index contributed by atoms with van der Waals surface area (Å²) in [6.45, 7) is 4.84. The highest BCUT2D eigenvalue weighted by molar-refractivity contribution is 6.04. The molecule has 0 spiro atoms. The summed E-state index contributed by atoms with van der Waals surface area (Å²) in [5, 5.41) is 6.36. The fraction of sp³-hybridized carbons (Fsp3) is 0.385. The second kappa shape index (κ2) is 9.77. The lowest BCUT2D eigenvalue weighted by Crippen LogP contribution is -2.39. The van der Waals surface area contributed by atoms with Gasteiger partial charge in [-0.05, 0) is 42.2 Å². The second-order valence-corrected chi connectivity index (χ2v) is 9.19. The van der Waals surface area contributed by atoms with E-state index in [0.29, 0.717) is 35.4 Å². The van der Waals surface area contributed by atoms with Gasteiger partial charge in [0.15, 0.2) is 0 Å². The molecule has 2 unspecified atom stereocenters. The SMILES string of the molecule is CCC(C)c1cc(C2=NN(C)C(C3=C(N)N(C)CC(c4ccc(C(=O)N(C)C)cc4)=N3)O2)ccn1. The highest BCUT2D eigenvalue weighted by atomic mass is 16.5. The monoisotopic (exact) mass is 475 g/mol. The number of carbonyl (C=O) groups excluding carboxylic acids is 1. The number of hydrazone groups is 1. The van der Waals surface area contributed by atoms with E-state index in [1.165, 1.54) is 0 Å². The first-order valence-corrected chi connectivity index (χ1v) is 11.7. The number of benzene rings is 1. The van der Waals surface area contributed by atoms with Crippen LogP contribution in [0.15, 0.2) is 64.2 Å². The summed E-state index contributed by atoms with van der Waals surface area (Å²) in [6, 6.07) is 11.4. The molecule has 3 heterocycles. The first-order chi connectivity index (χ1) is 16.7. The topological polar surface area (TPSA) is 99.7 Å². The Morgan fingerprint density at radius 1 is 1.20 bits per heavy atom. The van der Waals surface area contributed by atoms with E-state index in [9.17, 15) is 4.79 Å². The molecule has 0 saturated heterocycles. The van der Waals surface area contributed by atoms with Crippen LogP contribution >= 0.6 is 0 Å². The summed E-state index contributed by atoms with van der Waals surface area (Å²) in [5.41, 5.74) is 11.3. The average Bonchev–Trinajstić information content (AvgIpc) is 3.26. The number of hydrogen-bond acceptors (Lipinski definition) is 8. The predicted octanol–water partition coefficient (Wildman–Crippen LogP) is 2.81. The predicted molar refractivity (Wildman–Crippen MR) is 137 cm³/mol. The highest BCUT2D eigenvalue weighted by Crippen LogP contribution is 2.28. The van der Waals surface area contributed by atoms with E-state index in [0.717, 1.165) is 29.0 Å². The van der Waals surface area contributed by atoms with E-state index in [1.54, 1.807) is 30.2 Å². The zero-order valence-electron chi connectivity index (χ0n) is 21.2. The number of aromatic nitrogens is 1. The zero-order valence-corrected chi connectivity index (χ0v) is 21.2. The molecule has 0 radical (unpaired) electrons. The lowest BCUT2D eigenvalue weighted by molar-refractivity contribution is 0.0827. The zero-order chi connectivity index (χ0) is 25.3. The molecule has 2 aliphatic rings. The van der Waals surface area contributed by atoms with Gasteiger partial charge in [-0.15, -0.1) is 5.10 Å². The Labute approximate surface area is 206 Å². The molecule has 0 aliphatic carbocycles. The van der Waals surface area contributed by atoms with Gasteiger partial charge in [0.2, 0.25) is 12.1 Å². The molecule has 0 bridgehead atoms. The molecule has 0 saturated carbocycles. The smallest absolute Gasteiger partial charge is 0.253 e. The molecular weight excluding hydrogens is 442 g/mol. The maximum absolute atomic E-state index is 12.2. The number of rotatable bonds is 6. The van der Waals surface area contributed by atoms with Crippen molar-refractivity contribution >= 4 is 17.5 Å². The number of amides is 1. The average molecular weight is 476 g/mol. The van der Waals surface area contributed by atoms with E-state index in [2.05, 4.69) is 23.9 Å². The van der Waals surface area contributed by atoms with Crippen LogP contribution < -0.4 is 5.73 Å². The Balaban J connectivity index is 1.60. The second-order valence-electron chi connectivity index (χ2n) is 9.19. The van der Waals surface area contributed by atoms with Crippen LogP contribution in [0.4, 0.5) is 0 Å². The van der Waals surface area contributed by atoms with Crippen LogP contribution in [-0.4, -0.2) is 78.3 Å². The molecule has 2 aromatic rings. The third kappa shape index (κ3) is 4.84. The van der Waals surface area contributed by atoms with Crippen molar-refractivity contribution in [3.05, 3.63) is 76.5 Å². The summed E-state index contributed by atoms with van der Waals surface area (Å²) < 4.78 is 6.27. The van der Waals surface area contributed by atoms with Crippen LogP contribution in [0.1, 0.15) is 53.4 Å². The summed E-state index contributed by atoms with van der Waals surface area (Å²) in [6.07, 6.45) is 2.24. The molecular formula is C26H33N7O2. The molecule has 1 aromatic carbocycles. The van der Waals surface area contributed by atoms with E-state index in [4.69, 9.17) is 15.5 Å². The number of nitrogens with zero attached hydrogens (tertiary/aromatic N) is 6. The summed E-state index contributed by atoms with van der Waals surface area (Å²) >= 11 is 0. The van der Waals surface area contributed by atoms with Crippen LogP contribution in [0.3, 0.4) is 0 Å². The first-order valence-electron chi connectivity index (χ1n) is 11.7. The van der Waals surface area contributed by atoms with Crippen molar-refractivity contribution in [1.82, 2.24) is 19.8 Å². The van der Waals surface area contributed by atoms with E-state index in [1.807, 2.05) is 55.4 Å². The largest absolute Gasteiger partial charge is 0.444 e. The Morgan fingerprint density at radius 3 is 2.57 bits per heavy atom. The molecule has 2 atom stereocenters. The van der Waals surface area contributed by atoms with Gasteiger partial charge in [0.1, 0.15) is 11.5 Å². The third-order valence-corrected chi connectivity index (χ3v) is 6.38. The summed E-state index contributed by atoms with van der Waals surface area (Å²) in [4.78, 5) is 25.1. The van der Waals surface area contributed by atoms with Crippen LogP contribution in [0.2, 0.25) is 0 Å². The van der Waals surface area contributed by atoms with Gasteiger partial charge in [-0.2, -0.15) is 0 Å². The van der Waals surface area contributed by atoms with Crippen LogP contribution in [0.25, 0.3) is 0 Å². The molecule has 0 fully saturated rings. The first kappa shape index (κ1) is 24.3. The minimum Gasteiger partial charge on any atom is -0.444 e. The fourth-order valence-corrected chi connectivity index (χ4v) is 3.96. The Kier molecular flexibility index (Phi) is 6.77. The molecule has 2 aliphatic heterocycles. The van der Waals surface area contributed by atoms with Gasteiger partial charge in [0.25, 0.3) is 5.91 Å². The maximum atomic E-state index is 12.2. The Hall–Kier alpha value is -3.88. The number of pyridine rings is 1. The molecule has 1 amide bonds. The van der Waals surface area contributed by atoms with Crippen LogP contribution in [0.5, 0.6) is 0 Å².